The van der Waals surface area contributed by atoms with Crippen LogP contribution in [0.4, 0.5) is 0 Å². The minimum atomic E-state index is 0. The van der Waals surface area contributed by atoms with Crippen LogP contribution in [0.15, 0.2) is 54.2 Å². The molecule has 0 aliphatic heterocycles. The first kappa shape index (κ1) is 18.9. The smallest absolute Gasteiger partial charge is 0.0346 e. The predicted molar refractivity (Wildman–Crippen MR) is 107 cm³/mol. The van der Waals surface area contributed by atoms with Gasteiger partial charge in [0, 0.05) is 35.2 Å². The van der Waals surface area contributed by atoms with Crippen LogP contribution in [0.3, 0.4) is 0 Å². The van der Waals surface area contributed by atoms with E-state index in [0.717, 1.165) is 6.54 Å². The lowest BCUT2D eigenvalue weighted by Gasteiger charge is -2.14. The molecule has 24 heavy (non-hydrogen) atoms. The fourth-order valence-electron chi connectivity index (χ4n) is 2.84. The van der Waals surface area contributed by atoms with Crippen molar-refractivity contribution in [3.8, 4) is 0 Å². The van der Waals surface area contributed by atoms with Crippen molar-refractivity contribution in [3.05, 3.63) is 64.6 Å². The van der Waals surface area contributed by atoms with Crippen LogP contribution in [0.25, 0.3) is 10.8 Å². The molecule has 0 saturated heterocycles. The highest BCUT2D eigenvalue weighted by molar-refractivity contribution is 7.09. The summed E-state index contributed by atoms with van der Waals surface area (Å²) < 4.78 is 0. The number of aromatic nitrogens is 1. The molecule has 1 atom stereocenters. The van der Waals surface area contributed by atoms with E-state index in [1.165, 1.54) is 46.9 Å². The molecule has 0 aliphatic carbocycles. The van der Waals surface area contributed by atoms with Gasteiger partial charge in [0.05, 0.1) is 0 Å². The summed E-state index contributed by atoms with van der Waals surface area (Å²) in [6.07, 6.45) is 8.81. The van der Waals surface area contributed by atoms with Crippen molar-refractivity contribution in [1.82, 2.24) is 10.3 Å². The lowest BCUT2D eigenvalue weighted by Crippen LogP contribution is -2.25. The fourth-order valence-corrected chi connectivity index (χ4v) is 3.59. The molecule has 128 valence electrons. The molecule has 0 aliphatic rings. The molecule has 0 saturated carbocycles. The van der Waals surface area contributed by atoms with Crippen LogP contribution in [0.1, 0.15) is 36.6 Å². The van der Waals surface area contributed by atoms with Gasteiger partial charge in [-0.25, -0.2) is 0 Å². The number of benzene rings is 1. The van der Waals surface area contributed by atoms with Crippen molar-refractivity contribution < 1.29 is 0 Å². The molecule has 2 heterocycles. The molecule has 0 amide bonds. The highest BCUT2D eigenvalue weighted by Gasteiger charge is 2.03. The summed E-state index contributed by atoms with van der Waals surface area (Å²) in [6, 6.07) is 13.6. The first-order valence-electron chi connectivity index (χ1n) is 8.40. The number of halogens is 1. The van der Waals surface area contributed by atoms with E-state index in [9.17, 15) is 0 Å². The normalized spacial score (nSPS) is 12.0. The summed E-state index contributed by atoms with van der Waals surface area (Å²) in [7, 11) is 0. The predicted octanol–water partition coefficient (Wildman–Crippen LogP) is 5.61. The van der Waals surface area contributed by atoms with E-state index < -0.39 is 0 Å². The van der Waals surface area contributed by atoms with Gasteiger partial charge >= 0.3 is 0 Å². The number of aryl methyl sites for hydroxylation is 1. The second kappa shape index (κ2) is 9.77. The Hall–Kier alpha value is -1.42. The number of nitrogens with zero attached hydrogens (tertiary/aromatic N) is 1. The number of hydrogen-bond donors (Lipinski definition) is 1. The summed E-state index contributed by atoms with van der Waals surface area (Å²) in [5.41, 5.74) is 1.34. The Balaban J connectivity index is 0.00000208. The molecule has 2 nitrogen and oxygen atoms in total. The quantitative estimate of drug-likeness (QED) is 0.528. The fraction of sp³-hybridized carbons (Fsp3) is 0.350. The Morgan fingerprint density at radius 2 is 2.04 bits per heavy atom. The number of nitrogens with one attached hydrogen (secondary N) is 1. The van der Waals surface area contributed by atoms with Gasteiger partial charge in [0.1, 0.15) is 0 Å². The van der Waals surface area contributed by atoms with Crippen molar-refractivity contribution in [3.63, 3.8) is 0 Å². The summed E-state index contributed by atoms with van der Waals surface area (Å²) in [5, 5.41) is 8.28. The van der Waals surface area contributed by atoms with Crippen molar-refractivity contribution in [2.24, 2.45) is 0 Å². The molecule has 1 N–H and O–H groups in total. The Morgan fingerprint density at radius 3 is 2.88 bits per heavy atom. The highest BCUT2D eigenvalue weighted by Crippen LogP contribution is 2.15. The largest absolute Gasteiger partial charge is 0.310 e. The summed E-state index contributed by atoms with van der Waals surface area (Å²) in [4.78, 5) is 5.67. The van der Waals surface area contributed by atoms with Gasteiger partial charge in [-0.1, -0.05) is 24.6 Å². The Bertz CT molecular complexity index is 727. The Morgan fingerprint density at radius 1 is 1.12 bits per heavy atom. The highest BCUT2D eigenvalue weighted by atomic mass is 35.5. The zero-order valence-electron chi connectivity index (χ0n) is 14.1. The average molecular weight is 361 g/mol. The van der Waals surface area contributed by atoms with E-state index in [4.69, 9.17) is 0 Å². The van der Waals surface area contributed by atoms with Crippen molar-refractivity contribution in [2.45, 2.75) is 45.2 Å². The number of fused-ring (bicyclic) bond motifs is 1. The lowest BCUT2D eigenvalue weighted by molar-refractivity contribution is 0.489. The summed E-state index contributed by atoms with van der Waals surface area (Å²) in [6.45, 7) is 3.22. The molecular formula is C20H25ClN2S. The molecule has 0 bridgehead atoms. The standard InChI is InChI=1S/C20H24N2S.ClH/c1-16(5-2-3-6-20-7-4-12-23-20)22-14-17-8-9-19-15-21-11-10-18(19)13-17;/h4,7-13,15-16,22H,2-3,5-6,14H2,1H3;1H/t16-;/m1./s1. The number of thiophene rings is 1. The minimum absolute atomic E-state index is 0. The van der Waals surface area contributed by atoms with Gasteiger partial charge in [-0.3, -0.25) is 4.98 Å². The molecule has 1 aromatic carbocycles. The van der Waals surface area contributed by atoms with Crippen LogP contribution in [-0.4, -0.2) is 11.0 Å². The maximum atomic E-state index is 4.16. The maximum Gasteiger partial charge on any atom is 0.0346 e. The van der Waals surface area contributed by atoms with Gasteiger partial charge < -0.3 is 5.32 Å². The van der Waals surface area contributed by atoms with Gasteiger partial charge in [-0.15, -0.1) is 23.7 Å². The molecule has 0 spiro atoms. The summed E-state index contributed by atoms with van der Waals surface area (Å²) in [5.74, 6) is 0. The van der Waals surface area contributed by atoms with Gasteiger partial charge in [0.25, 0.3) is 0 Å². The third-order valence-corrected chi connectivity index (χ3v) is 5.19. The van der Waals surface area contributed by atoms with Crippen LogP contribution in [0.2, 0.25) is 0 Å². The minimum Gasteiger partial charge on any atom is -0.310 e. The van der Waals surface area contributed by atoms with Crippen LogP contribution in [0.5, 0.6) is 0 Å². The van der Waals surface area contributed by atoms with Gasteiger partial charge in [-0.2, -0.15) is 0 Å². The van der Waals surface area contributed by atoms with E-state index in [2.05, 4.69) is 59.0 Å². The van der Waals surface area contributed by atoms with Gasteiger partial charge in [-0.05, 0) is 60.7 Å². The van der Waals surface area contributed by atoms with Crippen LogP contribution in [0, 0.1) is 0 Å². The van der Waals surface area contributed by atoms with Crippen molar-refractivity contribution in [2.75, 3.05) is 0 Å². The zero-order valence-corrected chi connectivity index (χ0v) is 15.7. The first-order valence-corrected chi connectivity index (χ1v) is 9.27. The van der Waals surface area contributed by atoms with Crippen molar-refractivity contribution in [1.29, 1.82) is 0 Å². The van der Waals surface area contributed by atoms with E-state index >= 15 is 0 Å². The number of hydrogen-bond acceptors (Lipinski definition) is 3. The van der Waals surface area contributed by atoms with Crippen LogP contribution in [-0.2, 0) is 13.0 Å². The molecule has 2 aromatic heterocycles. The Kier molecular flexibility index (Phi) is 7.70. The molecule has 0 fully saturated rings. The van der Waals surface area contributed by atoms with E-state index in [1.807, 2.05) is 23.7 Å². The Labute approximate surface area is 154 Å². The van der Waals surface area contributed by atoms with Crippen molar-refractivity contribution >= 4 is 34.5 Å². The van der Waals surface area contributed by atoms with Crippen LogP contribution >= 0.6 is 23.7 Å². The second-order valence-electron chi connectivity index (χ2n) is 6.16. The topological polar surface area (TPSA) is 24.9 Å². The maximum absolute atomic E-state index is 4.16. The third kappa shape index (κ3) is 5.59. The SMILES string of the molecule is C[C@H](CCCCc1cccs1)NCc1ccc2cnccc2c1.Cl. The van der Waals surface area contributed by atoms with E-state index in [-0.39, 0.29) is 12.4 Å². The molecule has 0 unspecified atom stereocenters. The number of pyridine rings is 1. The number of rotatable bonds is 8. The lowest BCUT2D eigenvalue weighted by atomic mass is 10.1. The number of unbranched alkanes of at least 4 members (excludes halogenated alkanes) is 1. The van der Waals surface area contributed by atoms with Gasteiger partial charge in [0.2, 0.25) is 0 Å². The average Bonchev–Trinajstić information content (AvgIpc) is 3.10. The molecule has 4 heteroatoms. The monoisotopic (exact) mass is 360 g/mol. The molecule has 0 radical (unpaired) electrons. The zero-order chi connectivity index (χ0) is 15.9. The molecule has 3 aromatic rings. The first-order chi connectivity index (χ1) is 11.3. The van der Waals surface area contributed by atoms with E-state index in [1.54, 1.807) is 0 Å². The van der Waals surface area contributed by atoms with E-state index in [0.29, 0.717) is 6.04 Å². The molecular weight excluding hydrogens is 336 g/mol. The molecule has 3 rings (SSSR count). The summed E-state index contributed by atoms with van der Waals surface area (Å²) >= 11 is 1.87. The second-order valence-corrected chi connectivity index (χ2v) is 7.20. The van der Waals surface area contributed by atoms with Gasteiger partial charge in [0.15, 0.2) is 0 Å². The third-order valence-electron chi connectivity index (χ3n) is 4.25. The van der Waals surface area contributed by atoms with Crippen LogP contribution < -0.4 is 5.32 Å².